The van der Waals surface area contributed by atoms with E-state index in [-0.39, 0.29) is 0 Å². The number of aryl methyl sites for hydroxylation is 1. The second-order valence-corrected chi connectivity index (χ2v) is 4.20. The third-order valence-corrected chi connectivity index (χ3v) is 2.72. The third-order valence-electron chi connectivity index (χ3n) is 2.48. The molecule has 0 radical (unpaired) electrons. The number of rotatable bonds is 4. The largest absolute Gasteiger partial charge is 0.397 e. The Balaban J connectivity index is 1.94. The van der Waals surface area contributed by atoms with E-state index >= 15 is 0 Å². The van der Waals surface area contributed by atoms with Gasteiger partial charge in [0.05, 0.1) is 11.4 Å². The summed E-state index contributed by atoms with van der Waals surface area (Å²) in [5, 5.41) is 11.7. The molecule has 0 spiro atoms. The van der Waals surface area contributed by atoms with Crippen LogP contribution in [0.5, 0.6) is 0 Å². The molecule has 1 aromatic heterocycles. The molecule has 17 heavy (non-hydrogen) atoms. The van der Waals surface area contributed by atoms with Crippen molar-refractivity contribution in [1.29, 1.82) is 0 Å². The Morgan fingerprint density at radius 2 is 2.29 bits per heavy atom. The van der Waals surface area contributed by atoms with E-state index in [1.165, 1.54) is 0 Å². The van der Waals surface area contributed by atoms with Crippen LogP contribution in [0.2, 0.25) is 5.02 Å². The molecular weight excluding hydrogens is 238 g/mol. The van der Waals surface area contributed by atoms with Crippen molar-refractivity contribution in [1.82, 2.24) is 14.8 Å². The lowest BCUT2D eigenvalue weighted by Gasteiger charge is -2.09. The van der Waals surface area contributed by atoms with Crippen molar-refractivity contribution in [2.75, 3.05) is 17.6 Å². The lowest BCUT2D eigenvalue weighted by atomic mass is 10.2. The molecule has 0 saturated carbocycles. The van der Waals surface area contributed by atoms with Crippen LogP contribution in [0.4, 0.5) is 11.4 Å². The maximum atomic E-state index is 5.90. The summed E-state index contributed by atoms with van der Waals surface area (Å²) in [6.45, 7) is 0.733. The first-order valence-corrected chi connectivity index (χ1v) is 5.66. The molecule has 2 aromatic rings. The minimum absolute atomic E-state index is 0.667. The predicted octanol–water partition coefficient (Wildman–Crippen LogP) is 1.71. The molecule has 0 unspecified atom stereocenters. The van der Waals surface area contributed by atoms with Crippen LogP contribution in [-0.4, -0.2) is 21.3 Å². The first-order valence-electron chi connectivity index (χ1n) is 5.28. The minimum atomic E-state index is 0.667. The van der Waals surface area contributed by atoms with Gasteiger partial charge in [0, 0.05) is 25.0 Å². The summed E-state index contributed by atoms with van der Waals surface area (Å²) in [5.41, 5.74) is 7.36. The fourth-order valence-corrected chi connectivity index (χ4v) is 1.70. The average molecular weight is 252 g/mol. The number of nitrogen functional groups attached to an aromatic ring is 1. The number of nitrogens with zero attached hydrogens (tertiary/aromatic N) is 3. The summed E-state index contributed by atoms with van der Waals surface area (Å²) in [6.07, 6.45) is 2.46. The Kier molecular flexibility index (Phi) is 3.49. The summed E-state index contributed by atoms with van der Waals surface area (Å²) >= 11 is 5.90. The molecule has 3 N–H and O–H groups in total. The monoisotopic (exact) mass is 251 g/mol. The molecule has 0 fully saturated rings. The fraction of sp³-hybridized carbons (Fsp3) is 0.273. The molecule has 1 heterocycles. The molecule has 90 valence electrons. The summed E-state index contributed by atoms with van der Waals surface area (Å²) in [6, 6.07) is 5.37. The fourth-order valence-electron chi connectivity index (χ4n) is 1.52. The highest BCUT2D eigenvalue weighted by atomic mass is 35.5. The van der Waals surface area contributed by atoms with Crippen LogP contribution >= 0.6 is 11.6 Å². The van der Waals surface area contributed by atoms with Crippen molar-refractivity contribution in [2.24, 2.45) is 7.05 Å². The van der Waals surface area contributed by atoms with Crippen LogP contribution in [0.1, 0.15) is 5.82 Å². The Hall–Kier alpha value is -1.75. The second-order valence-electron chi connectivity index (χ2n) is 3.77. The predicted molar refractivity (Wildman–Crippen MR) is 69.1 cm³/mol. The maximum absolute atomic E-state index is 5.90. The summed E-state index contributed by atoms with van der Waals surface area (Å²) in [4.78, 5) is 0. The van der Waals surface area contributed by atoms with Crippen LogP contribution in [0.25, 0.3) is 0 Å². The Morgan fingerprint density at radius 1 is 1.47 bits per heavy atom. The van der Waals surface area contributed by atoms with Crippen LogP contribution in [0, 0.1) is 0 Å². The van der Waals surface area contributed by atoms with Gasteiger partial charge < -0.3 is 15.6 Å². The van der Waals surface area contributed by atoms with Crippen LogP contribution in [0.15, 0.2) is 24.5 Å². The Bertz CT molecular complexity index is 508. The van der Waals surface area contributed by atoms with E-state index in [9.17, 15) is 0 Å². The Labute approximate surface area is 105 Å². The van der Waals surface area contributed by atoms with E-state index in [2.05, 4.69) is 15.5 Å². The summed E-state index contributed by atoms with van der Waals surface area (Å²) < 4.78 is 1.89. The molecule has 0 atom stereocenters. The third kappa shape index (κ3) is 2.88. The molecule has 5 nitrogen and oxygen atoms in total. The maximum Gasteiger partial charge on any atom is 0.134 e. The molecule has 6 heteroatoms. The van der Waals surface area contributed by atoms with Crippen molar-refractivity contribution in [3.63, 3.8) is 0 Å². The topological polar surface area (TPSA) is 68.8 Å². The molecular formula is C11H14ClN5. The van der Waals surface area contributed by atoms with Gasteiger partial charge in [0.25, 0.3) is 0 Å². The second kappa shape index (κ2) is 5.05. The van der Waals surface area contributed by atoms with Gasteiger partial charge in [0.15, 0.2) is 0 Å². The van der Waals surface area contributed by atoms with Crippen molar-refractivity contribution in [2.45, 2.75) is 6.42 Å². The van der Waals surface area contributed by atoms with Crippen molar-refractivity contribution >= 4 is 23.0 Å². The van der Waals surface area contributed by atoms with Crippen LogP contribution < -0.4 is 11.1 Å². The highest BCUT2D eigenvalue weighted by Crippen LogP contribution is 2.22. The van der Waals surface area contributed by atoms with Gasteiger partial charge in [-0.3, -0.25) is 0 Å². The number of benzene rings is 1. The smallest absolute Gasteiger partial charge is 0.134 e. The average Bonchev–Trinajstić information content (AvgIpc) is 2.70. The number of anilines is 2. The van der Waals surface area contributed by atoms with Gasteiger partial charge in [-0.1, -0.05) is 11.6 Å². The van der Waals surface area contributed by atoms with Crippen molar-refractivity contribution < 1.29 is 0 Å². The summed E-state index contributed by atoms with van der Waals surface area (Å²) in [7, 11) is 1.92. The molecule has 0 bridgehead atoms. The molecule has 1 aromatic carbocycles. The minimum Gasteiger partial charge on any atom is -0.397 e. The first kappa shape index (κ1) is 11.7. The van der Waals surface area contributed by atoms with Gasteiger partial charge in [0.1, 0.15) is 12.2 Å². The number of hydrogen-bond donors (Lipinski definition) is 2. The van der Waals surface area contributed by atoms with Gasteiger partial charge in [-0.25, -0.2) is 0 Å². The lowest BCUT2D eigenvalue weighted by Crippen LogP contribution is -2.09. The Morgan fingerprint density at radius 3 is 3.00 bits per heavy atom. The summed E-state index contributed by atoms with van der Waals surface area (Å²) in [5.74, 6) is 0.929. The number of halogens is 1. The van der Waals surface area contributed by atoms with E-state index < -0.39 is 0 Å². The number of hydrogen-bond acceptors (Lipinski definition) is 4. The number of aromatic nitrogens is 3. The van der Waals surface area contributed by atoms with Crippen molar-refractivity contribution in [3.8, 4) is 0 Å². The zero-order valence-electron chi connectivity index (χ0n) is 9.52. The first-order chi connectivity index (χ1) is 8.16. The van der Waals surface area contributed by atoms with Gasteiger partial charge in [0.2, 0.25) is 0 Å². The zero-order chi connectivity index (χ0) is 12.3. The molecule has 0 aliphatic carbocycles. The normalized spacial score (nSPS) is 10.5. The SMILES string of the molecule is Cn1cnnc1CCNc1cc(Cl)ccc1N. The quantitative estimate of drug-likeness (QED) is 0.812. The highest BCUT2D eigenvalue weighted by molar-refractivity contribution is 6.31. The molecule has 2 rings (SSSR count). The molecule has 0 aliphatic heterocycles. The van der Waals surface area contributed by atoms with E-state index in [1.807, 2.05) is 17.7 Å². The highest BCUT2D eigenvalue weighted by Gasteiger charge is 2.02. The molecule has 0 saturated heterocycles. The van der Waals surface area contributed by atoms with E-state index in [0.29, 0.717) is 10.7 Å². The standard InChI is InChI=1S/C11H14ClN5/c1-17-7-15-16-11(17)4-5-14-10-6-8(12)2-3-9(10)13/h2-3,6-7,14H,4-5,13H2,1H3. The van der Waals surface area contributed by atoms with E-state index in [0.717, 1.165) is 24.5 Å². The van der Waals surface area contributed by atoms with Gasteiger partial charge >= 0.3 is 0 Å². The van der Waals surface area contributed by atoms with E-state index in [1.54, 1.807) is 18.5 Å². The number of nitrogens with one attached hydrogen (secondary N) is 1. The molecule has 0 amide bonds. The zero-order valence-corrected chi connectivity index (χ0v) is 10.3. The van der Waals surface area contributed by atoms with Crippen molar-refractivity contribution in [3.05, 3.63) is 35.4 Å². The molecule has 0 aliphatic rings. The number of nitrogens with two attached hydrogens (primary N) is 1. The van der Waals surface area contributed by atoms with Gasteiger partial charge in [-0.05, 0) is 18.2 Å². The van der Waals surface area contributed by atoms with Crippen LogP contribution in [0.3, 0.4) is 0 Å². The van der Waals surface area contributed by atoms with Gasteiger partial charge in [-0.2, -0.15) is 0 Å². The van der Waals surface area contributed by atoms with E-state index in [4.69, 9.17) is 17.3 Å². The lowest BCUT2D eigenvalue weighted by molar-refractivity contribution is 0.788. The van der Waals surface area contributed by atoms with Crippen LogP contribution in [-0.2, 0) is 13.5 Å². The van der Waals surface area contributed by atoms with Gasteiger partial charge in [-0.15, -0.1) is 10.2 Å².